The maximum absolute atomic E-state index is 12.2. The summed E-state index contributed by atoms with van der Waals surface area (Å²) in [5.41, 5.74) is 2.64. The molecule has 0 fully saturated rings. The Labute approximate surface area is 185 Å². The molecular formula is C23H25N5O4. The number of aromatic hydroxyl groups is 1. The Bertz CT molecular complexity index is 1140. The van der Waals surface area contributed by atoms with Crippen LogP contribution in [0, 0.1) is 6.92 Å². The summed E-state index contributed by atoms with van der Waals surface area (Å²) in [7, 11) is 0. The number of nitrogens with one attached hydrogen (secondary N) is 1. The van der Waals surface area contributed by atoms with Crippen LogP contribution in [-0.2, 0) is 16.6 Å². The standard InChI is InChI=1S/C23H25N5O4/c1-13-20(31)19(21(32)24-12-18(29)30)28-17(27-13)9-14-5-7-15(8-6-14)16-10-25-22(26-11-16)23(2,3)4/h5-8,10-11,31H,9,12H2,1-4H3,(H,24,32)(H,29,30). The molecule has 0 spiro atoms. The van der Waals surface area contributed by atoms with Gasteiger partial charge in [0.2, 0.25) is 0 Å². The number of nitrogens with zero attached hydrogens (tertiary/aromatic N) is 4. The Morgan fingerprint density at radius 1 is 1.00 bits per heavy atom. The summed E-state index contributed by atoms with van der Waals surface area (Å²) < 4.78 is 0. The molecule has 0 unspecified atom stereocenters. The summed E-state index contributed by atoms with van der Waals surface area (Å²) in [4.78, 5) is 40.1. The van der Waals surface area contributed by atoms with Crippen molar-refractivity contribution in [2.75, 3.05) is 6.54 Å². The van der Waals surface area contributed by atoms with Gasteiger partial charge in [0, 0.05) is 29.8 Å². The monoisotopic (exact) mass is 435 g/mol. The van der Waals surface area contributed by atoms with E-state index in [1.54, 1.807) is 19.3 Å². The Kier molecular flexibility index (Phi) is 6.47. The van der Waals surface area contributed by atoms with E-state index in [2.05, 4.69) is 46.0 Å². The maximum Gasteiger partial charge on any atom is 0.322 e. The van der Waals surface area contributed by atoms with Gasteiger partial charge in [-0.2, -0.15) is 0 Å². The van der Waals surface area contributed by atoms with Gasteiger partial charge in [-0.25, -0.2) is 19.9 Å². The Balaban J connectivity index is 1.78. The lowest BCUT2D eigenvalue weighted by molar-refractivity contribution is -0.135. The van der Waals surface area contributed by atoms with Crippen molar-refractivity contribution in [3.63, 3.8) is 0 Å². The number of hydrogen-bond acceptors (Lipinski definition) is 7. The number of carboxylic acids is 1. The van der Waals surface area contributed by atoms with E-state index in [1.807, 2.05) is 24.3 Å². The van der Waals surface area contributed by atoms with E-state index in [0.717, 1.165) is 22.5 Å². The van der Waals surface area contributed by atoms with Crippen LogP contribution in [0.4, 0.5) is 0 Å². The fourth-order valence-electron chi connectivity index (χ4n) is 2.96. The molecule has 9 nitrogen and oxygen atoms in total. The number of carboxylic acid groups (broad SMARTS) is 1. The molecule has 1 aromatic carbocycles. The number of hydrogen-bond donors (Lipinski definition) is 3. The van der Waals surface area contributed by atoms with Crippen molar-refractivity contribution in [2.24, 2.45) is 0 Å². The molecule has 0 saturated heterocycles. The molecule has 0 aliphatic heterocycles. The molecule has 2 heterocycles. The summed E-state index contributed by atoms with van der Waals surface area (Å²) in [5.74, 6) is -1.22. The summed E-state index contributed by atoms with van der Waals surface area (Å²) >= 11 is 0. The second-order valence-electron chi connectivity index (χ2n) is 8.42. The van der Waals surface area contributed by atoms with Gasteiger partial charge in [0.25, 0.3) is 5.91 Å². The highest BCUT2D eigenvalue weighted by Gasteiger charge is 2.19. The number of aliphatic carboxylic acids is 1. The maximum atomic E-state index is 12.2. The van der Waals surface area contributed by atoms with Crippen LogP contribution < -0.4 is 5.32 Å². The van der Waals surface area contributed by atoms with Crippen molar-refractivity contribution in [1.82, 2.24) is 25.3 Å². The first-order valence-corrected chi connectivity index (χ1v) is 10.0. The van der Waals surface area contributed by atoms with Crippen LogP contribution in [0.2, 0.25) is 0 Å². The minimum atomic E-state index is -1.19. The van der Waals surface area contributed by atoms with Crippen LogP contribution >= 0.6 is 0 Å². The van der Waals surface area contributed by atoms with Gasteiger partial charge in [-0.3, -0.25) is 9.59 Å². The van der Waals surface area contributed by atoms with Gasteiger partial charge in [-0.15, -0.1) is 0 Å². The van der Waals surface area contributed by atoms with Gasteiger partial charge in [-0.05, 0) is 18.1 Å². The van der Waals surface area contributed by atoms with E-state index in [4.69, 9.17) is 5.11 Å². The molecule has 1 amide bonds. The number of aryl methyl sites for hydroxylation is 1. The lowest BCUT2D eigenvalue weighted by atomic mass is 9.95. The first-order valence-electron chi connectivity index (χ1n) is 10.0. The molecule has 166 valence electrons. The number of rotatable bonds is 6. The molecule has 2 aromatic heterocycles. The molecule has 3 aromatic rings. The zero-order valence-corrected chi connectivity index (χ0v) is 18.4. The van der Waals surface area contributed by atoms with E-state index in [1.165, 1.54) is 0 Å². The van der Waals surface area contributed by atoms with Gasteiger partial charge in [0.1, 0.15) is 18.2 Å². The molecular weight excluding hydrogens is 410 g/mol. The second kappa shape index (κ2) is 9.09. The quantitative estimate of drug-likeness (QED) is 0.537. The van der Waals surface area contributed by atoms with Crippen LogP contribution in [-0.4, -0.2) is 48.6 Å². The van der Waals surface area contributed by atoms with Crippen molar-refractivity contribution in [3.8, 4) is 16.9 Å². The van der Waals surface area contributed by atoms with E-state index in [-0.39, 0.29) is 22.6 Å². The van der Waals surface area contributed by atoms with Crippen molar-refractivity contribution in [1.29, 1.82) is 0 Å². The fraction of sp³-hybridized carbons (Fsp3) is 0.304. The van der Waals surface area contributed by atoms with Crippen molar-refractivity contribution < 1.29 is 19.8 Å². The van der Waals surface area contributed by atoms with E-state index >= 15 is 0 Å². The van der Waals surface area contributed by atoms with Crippen LogP contribution in [0.3, 0.4) is 0 Å². The predicted molar refractivity (Wildman–Crippen MR) is 117 cm³/mol. The van der Waals surface area contributed by atoms with Crippen molar-refractivity contribution in [3.05, 3.63) is 65.3 Å². The molecule has 0 radical (unpaired) electrons. The normalized spacial score (nSPS) is 11.2. The Morgan fingerprint density at radius 2 is 1.62 bits per heavy atom. The topological polar surface area (TPSA) is 138 Å². The smallest absolute Gasteiger partial charge is 0.322 e. The number of aromatic nitrogens is 4. The largest absolute Gasteiger partial charge is 0.504 e. The van der Waals surface area contributed by atoms with E-state index in [0.29, 0.717) is 12.2 Å². The third kappa shape index (κ3) is 5.42. The minimum absolute atomic E-state index is 0.117. The third-order valence-electron chi connectivity index (χ3n) is 4.69. The highest BCUT2D eigenvalue weighted by atomic mass is 16.4. The number of carbonyl (C=O) groups is 2. The second-order valence-corrected chi connectivity index (χ2v) is 8.42. The summed E-state index contributed by atoms with van der Waals surface area (Å²) in [6.45, 7) is 7.17. The molecule has 0 aliphatic carbocycles. The number of amides is 1. The third-order valence-corrected chi connectivity index (χ3v) is 4.69. The zero-order valence-electron chi connectivity index (χ0n) is 18.4. The Hall–Kier alpha value is -3.88. The zero-order chi connectivity index (χ0) is 23.5. The van der Waals surface area contributed by atoms with Gasteiger partial charge in [0.05, 0.1) is 5.69 Å². The lowest BCUT2D eigenvalue weighted by Crippen LogP contribution is -2.30. The molecule has 9 heteroatoms. The average Bonchev–Trinajstić information content (AvgIpc) is 2.74. The van der Waals surface area contributed by atoms with Gasteiger partial charge in [-0.1, -0.05) is 45.0 Å². The van der Waals surface area contributed by atoms with Crippen LogP contribution in [0.5, 0.6) is 5.75 Å². The predicted octanol–water partition coefficient (Wildman–Crippen LogP) is 2.65. The molecule has 0 atom stereocenters. The van der Waals surface area contributed by atoms with Crippen LogP contribution in [0.25, 0.3) is 11.1 Å². The molecule has 0 bridgehead atoms. The van der Waals surface area contributed by atoms with Crippen molar-refractivity contribution in [2.45, 2.75) is 39.5 Å². The van der Waals surface area contributed by atoms with Crippen molar-refractivity contribution >= 4 is 11.9 Å². The molecule has 0 aliphatic rings. The lowest BCUT2D eigenvalue weighted by Gasteiger charge is -2.16. The first kappa shape index (κ1) is 22.8. The SMILES string of the molecule is Cc1nc(Cc2ccc(-c3cnc(C(C)(C)C)nc3)cc2)nc(C(=O)NCC(=O)O)c1O. The van der Waals surface area contributed by atoms with Gasteiger partial charge in [0.15, 0.2) is 11.4 Å². The average molecular weight is 435 g/mol. The van der Waals surface area contributed by atoms with E-state index < -0.39 is 18.4 Å². The first-order chi connectivity index (χ1) is 15.0. The fourth-order valence-corrected chi connectivity index (χ4v) is 2.96. The van der Waals surface area contributed by atoms with Gasteiger partial charge < -0.3 is 15.5 Å². The molecule has 0 saturated carbocycles. The van der Waals surface area contributed by atoms with Crippen LogP contribution in [0.15, 0.2) is 36.7 Å². The summed E-state index contributed by atoms with van der Waals surface area (Å²) in [5, 5.41) is 21.0. The van der Waals surface area contributed by atoms with Gasteiger partial charge >= 0.3 is 5.97 Å². The van der Waals surface area contributed by atoms with Crippen LogP contribution in [0.1, 0.15) is 54.2 Å². The molecule has 3 rings (SSSR count). The highest BCUT2D eigenvalue weighted by Crippen LogP contribution is 2.23. The Morgan fingerprint density at radius 3 is 2.19 bits per heavy atom. The molecule has 32 heavy (non-hydrogen) atoms. The summed E-state index contributed by atoms with van der Waals surface area (Å²) in [6, 6.07) is 7.72. The highest BCUT2D eigenvalue weighted by molar-refractivity contribution is 5.96. The minimum Gasteiger partial charge on any atom is -0.504 e. The molecule has 3 N–H and O–H groups in total. The summed E-state index contributed by atoms with van der Waals surface area (Å²) in [6.07, 6.45) is 3.94. The van der Waals surface area contributed by atoms with E-state index in [9.17, 15) is 14.7 Å². The number of benzene rings is 1. The number of carbonyl (C=O) groups excluding carboxylic acids is 1.